The lowest BCUT2D eigenvalue weighted by Crippen LogP contribution is -2.27. The number of nitrogens with zero attached hydrogens (tertiary/aromatic N) is 2. The van der Waals surface area contributed by atoms with E-state index in [-0.39, 0.29) is 0 Å². The lowest BCUT2D eigenvalue weighted by atomic mass is 10.2. The van der Waals surface area contributed by atoms with Crippen LogP contribution in [0, 0.1) is 5.92 Å². The highest BCUT2D eigenvalue weighted by atomic mass is 32.2. The van der Waals surface area contributed by atoms with E-state index in [4.69, 9.17) is 0 Å². The summed E-state index contributed by atoms with van der Waals surface area (Å²) in [5.74, 6) is 0.620. The largest absolute Gasteiger partial charge is 0.316 e. The zero-order chi connectivity index (χ0) is 14.7. The molecule has 1 heterocycles. The van der Waals surface area contributed by atoms with Crippen LogP contribution in [0.25, 0.3) is 0 Å². The summed E-state index contributed by atoms with van der Waals surface area (Å²) in [5, 5.41) is 12.9. The minimum absolute atomic E-state index is 0.564. The molecule has 0 fully saturated rings. The van der Waals surface area contributed by atoms with Gasteiger partial charge in [-0.15, -0.1) is 10.2 Å². The molecule has 7 heteroatoms. The standard InChI is InChI=1S/C12H23N3O2S2/c1-9(2)8-13-7-6-10-14-15-11(18-10)12(3,4)19(5,16)17/h9,13H,6-8H2,1-5H3. The van der Waals surface area contributed by atoms with Crippen molar-refractivity contribution in [1.82, 2.24) is 15.5 Å². The van der Waals surface area contributed by atoms with E-state index in [1.165, 1.54) is 17.6 Å². The van der Waals surface area contributed by atoms with Crippen LogP contribution in [0.5, 0.6) is 0 Å². The summed E-state index contributed by atoms with van der Waals surface area (Å²) in [7, 11) is -3.19. The summed E-state index contributed by atoms with van der Waals surface area (Å²) in [6.45, 7) is 9.47. The van der Waals surface area contributed by atoms with E-state index in [1.807, 2.05) is 0 Å². The number of nitrogens with one attached hydrogen (secondary N) is 1. The van der Waals surface area contributed by atoms with Crippen molar-refractivity contribution in [1.29, 1.82) is 0 Å². The molecule has 0 saturated heterocycles. The first-order chi connectivity index (χ1) is 8.64. The molecule has 0 aliphatic heterocycles. The second-order valence-corrected chi connectivity index (χ2v) is 9.26. The highest BCUT2D eigenvalue weighted by Crippen LogP contribution is 2.31. The van der Waals surface area contributed by atoms with Crippen molar-refractivity contribution in [3.05, 3.63) is 10.0 Å². The van der Waals surface area contributed by atoms with Crippen LogP contribution in [0.3, 0.4) is 0 Å². The van der Waals surface area contributed by atoms with E-state index in [2.05, 4.69) is 29.4 Å². The minimum Gasteiger partial charge on any atom is -0.316 e. The summed E-state index contributed by atoms with van der Waals surface area (Å²) in [6.07, 6.45) is 2.02. The topological polar surface area (TPSA) is 72.0 Å². The Morgan fingerprint density at radius 3 is 2.47 bits per heavy atom. The lowest BCUT2D eigenvalue weighted by Gasteiger charge is -2.18. The van der Waals surface area contributed by atoms with Gasteiger partial charge in [0.15, 0.2) is 9.84 Å². The number of aromatic nitrogens is 2. The Bertz CT molecular complexity index is 507. The fourth-order valence-corrected chi connectivity index (χ4v) is 3.12. The first kappa shape index (κ1) is 16.5. The van der Waals surface area contributed by atoms with Crippen molar-refractivity contribution >= 4 is 21.2 Å². The van der Waals surface area contributed by atoms with E-state index in [0.717, 1.165) is 24.5 Å². The average molecular weight is 305 g/mol. The minimum atomic E-state index is -3.19. The maximum absolute atomic E-state index is 11.7. The molecule has 110 valence electrons. The van der Waals surface area contributed by atoms with Gasteiger partial charge in [0.25, 0.3) is 0 Å². The van der Waals surface area contributed by atoms with Crippen molar-refractivity contribution in [2.24, 2.45) is 5.92 Å². The zero-order valence-corrected chi connectivity index (χ0v) is 13.9. The zero-order valence-electron chi connectivity index (χ0n) is 12.2. The van der Waals surface area contributed by atoms with Crippen LogP contribution in [-0.4, -0.2) is 38.0 Å². The number of rotatable bonds is 7. The van der Waals surface area contributed by atoms with E-state index in [9.17, 15) is 8.42 Å². The van der Waals surface area contributed by atoms with Gasteiger partial charge in [-0.3, -0.25) is 0 Å². The maximum atomic E-state index is 11.7. The Labute approximate surface area is 119 Å². The third kappa shape index (κ3) is 4.50. The molecule has 0 radical (unpaired) electrons. The normalized spacial score (nSPS) is 13.2. The van der Waals surface area contributed by atoms with Gasteiger partial charge in [-0.25, -0.2) is 8.42 Å². The quantitative estimate of drug-likeness (QED) is 0.775. The Hall–Kier alpha value is -0.530. The molecule has 0 saturated carbocycles. The third-order valence-corrected chi connectivity index (χ3v) is 6.46. The molecule has 1 rings (SSSR count). The molecule has 1 N–H and O–H groups in total. The van der Waals surface area contributed by atoms with Crippen molar-refractivity contribution < 1.29 is 8.42 Å². The fourth-order valence-electron chi connectivity index (χ4n) is 1.34. The highest BCUT2D eigenvalue weighted by Gasteiger charge is 2.35. The van der Waals surface area contributed by atoms with Crippen molar-refractivity contribution in [2.75, 3.05) is 19.3 Å². The molecule has 0 atom stereocenters. The van der Waals surface area contributed by atoms with Crippen LogP contribution >= 0.6 is 11.3 Å². The Morgan fingerprint density at radius 2 is 1.95 bits per heavy atom. The fraction of sp³-hybridized carbons (Fsp3) is 0.833. The predicted octanol–water partition coefficient (Wildman–Crippen LogP) is 1.61. The van der Waals surface area contributed by atoms with Gasteiger partial charge in [0.2, 0.25) is 0 Å². The Balaban J connectivity index is 2.63. The molecule has 0 aromatic carbocycles. The van der Waals surface area contributed by atoms with Crippen molar-refractivity contribution in [3.8, 4) is 0 Å². The van der Waals surface area contributed by atoms with Crippen LogP contribution in [0.4, 0.5) is 0 Å². The van der Waals surface area contributed by atoms with Crippen LogP contribution < -0.4 is 5.32 Å². The summed E-state index contributed by atoms with van der Waals surface area (Å²) >= 11 is 1.38. The van der Waals surface area contributed by atoms with Crippen LogP contribution in [-0.2, 0) is 21.0 Å². The molecule has 0 spiro atoms. The molecular formula is C12H23N3O2S2. The summed E-state index contributed by atoms with van der Waals surface area (Å²) < 4.78 is 22.5. The van der Waals surface area contributed by atoms with Gasteiger partial charge in [0.1, 0.15) is 14.8 Å². The predicted molar refractivity (Wildman–Crippen MR) is 79.2 cm³/mol. The first-order valence-corrected chi connectivity index (χ1v) is 9.08. The molecule has 0 bridgehead atoms. The second kappa shape index (κ2) is 6.28. The van der Waals surface area contributed by atoms with Gasteiger partial charge in [-0.05, 0) is 26.3 Å². The van der Waals surface area contributed by atoms with E-state index < -0.39 is 14.6 Å². The van der Waals surface area contributed by atoms with Gasteiger partial charge in [-0.1, -0.05) is 25.2 Å². The average Bonchev–Trinajstić information content (AvgIpc) is 2.71. The third-order valence-electron chi connectivity index (χ3n) is 2.98. The number of sulfone groups is 1. The Kier molecular flexibility index (Phi) is 5.46. The van der Waals surface area contributed by atoms with Crippen LogP contribution in [0.1, 0.15) is 37.7 Å². The molecule has 1 aromatic heterocycles. The Morgan fingerprint density at radius 1 is 1.32 bits per heavy atom. The highest BCUT2D eigenvalue weighted by molar-refractivity contribution is 7.91. The summed E-state index contributed by atoms with van der Waals surface area (Å²) in [4.78, 5) is 0. The molecule has 0 amide bonds. The summed E-state index contributed by atoms with van der Waals surface area (Å²) in [6, 6.07) is 0. The van der Waals surface area contributed by atoms with Crippen LogP contribution in [0.15, 0.2) is 0 Å². The molecular weight excluding hydrogens is 282 g/mol. The molecule has 5 nitrogen and oxygen atoms in total. The van der Waals surface area contributed by atoms with Gasteiger partial charge < -0.3 is 5.32 Å². The molecule has 0 aliphatic rings. The SMILES string of the molecule is CC(C)CNCCc1nnc(C(C)(C)S(C)(=O)=O)s1. The molecule has 1 aromatic rings. The van der Waals surface area contributed by atoms with Crippen molar-refractivity contribution in [3.63, 3.8) is 0 Å². The van der Waals surface area contributed by atoms with Gasteiger partial charge in [-0.2, -0.15) is 0 Å². The molecule has 19 heavy (non-hydrogen) atoms. The number of hydrogen-bond donors (Lipinski definition) is 1. The van der Waals surface area contributed by atoms with Gasteiger partial charge in [0, 0.05) is 19.2 Å². The molecule has 0 aliphatic carbocycles. The van der Waals surface area contributed by atoms with Crippen molar-refractivity contribution in [2.45, 2.75) is 38.9 Å². The van der Waals surface area contributed by atoms with E-state index in [1.54, 1.807) is 13.8 Å². The van der Waals surface area contributed by atoms with Crippen LogP contribution in [0.2, 0.25) is 0 Å². The second-order valence-electron chi connectivity index (χ2n) is 5.63. The molecule has 0 unspecified atom stereocenters. The van der Waals surface area contributed by atoms with Gasteiger partial charge >= 0.3 is 0 Å². The lowest BCUT2D eigenvalue weighted by molar-refractivity contribution is 0.553. The van der Waals surface area contributed by atoms with E-state index in [0.29, 0.717) is 10.9 Å². The number of hydrogen-bond acceptors (Lipinski definition) is 6. The maximum Gasteiger partial charge on any atom is 0.159 e. The first-order valence-electron chi connectivity index (χ1n) is 6.37. The summed E-state index contributed by atoms with van der Waals surface area (Å²) in [5.41, 5.74) is 0. The smallest absolute Gasteiger partial charge is 0.159 e. The van der Waals surface area contributed by atoms with E-state index >= 15 is 0 Å². The monoisotopic (exact) mass is 305 g/mol. The van der Waals surface area contributed by atoms with Gasteiger partial charge in [0.05, 0.1) is 0 Å².